The van der Waals surface area contributed by atoms with Crippen molar-refractivity contribution in [2.75, 3.05) is 19.6 Å². The van der Waals surface area contributed by atoms with E-state index in [0.717, 1.165) is 18.4 Å². The third-order valence-electron chi connectivity index (χ3n) is 5.36. The van der Waals surface area contributed by atoms with Gasteiger partial charge < -0.3 is 5.73 Å². The first kappa shape index (κ1) is 14.3. The van der Waals surface area contributed by atoms with Crippen LogP contribution in [-0.2, 0) is 0 Å². The third-order valence-corrected chi connectivity index (χ3v) is 5.36. The predicted octanol–water partition coefficient (Wildman–Crippen LogP) is 3.41. The van der Waals surface area contributed by atoms with Crippen LogP contribution in [0.4, 0.5) is 0 Å². The summed E-state index contributed by atoms with van der Waals surface area (Å²) < 4.78 is 0. The van der Waals surface area contributed by atoms with E-state index in [9.17, 15) is 0 Å². The second-order valence-corrected chi connectivity index (χ2v) is 6.44. The lowest BCUT2D eigenvalue weighted by atomic mass is 9.83. The van der Waals surface area contributed by atoms with Gasteiger partial charge in [0.15, 0.2) is 0 Å². The van der Waals surface area contributed by atoms with E-state index < -0.39 is 0 Å². The Morgan fingerprint density at radius 3 is 2.44 bits per heavy atom. The van der Waals surface area contributed by atoms with Gasteiger partial charge in [-0.2, -0.15) is 0 Å². The minimum atomic E-state index is 0.681. The number of nitrogens with two attached hydrogens (primary N) is 1. The van der Waals surface area contributed by atoms with Crippen LogP contribution in [0.5, 0.6) is 0 Å². The molecule has 18 heavy (non-hydrogen) atoms. The highest BCUT2D eigenvalue weighted by atomic mass is 15.2. The predicted molar refractivity (Wildman–Crippen MR) is 78.6 cm³/mol. The Morgan fingerprint density at radius 2 is 1.78 bits per heavy atom. The maximum Gasteiger partial charge on any atom is 0.0246 e. The van der Waals surface area contributed by atoms with Gasteiger partial charge in [0.1, 0.15) is 0 Å². The lowest BCUT2D eigenvalue weighted by Crippen LogP contribution is -2.46. The second kappa shape index (κ2) is 7.49. The van der Waals surface area contributed by atoms with Crippen LogP contribution in [0.25, 0.3) is 0 Å². The topological polar surface area (TPSA) is 29.3 Å². The van der Waals surface area contributed by atoms with Gasteiger partial charge in [-0.3, -0.25) is 4.90 Å². The molecule has 2 heteroatoms. The number of nitrogens with zero attached hydrogens (tertiary/aromatic N) is 1. The molecule has 0 bridgehead atoms. The Balaban J connectivity index is 1.90. The Bertz CT molecular complexity index is 223. The molecule has 2 aliphatic rings. The molecule has 1 heterocycles. The minimum absolute atomic E-state index is 0.681. The zero-order valence-electron chi connectivity index (χ0n) is 12.2. The summed E-state index contributed by atoms with van der Waals surface area (Å²) in [5.74, 6) is 1.86. The molecule has 0 aromatic carbocycles. The second-order valence-electron chi connectivity index (χ2n) is 6.44. The molecule has 0 aromatic rings. The van der Waals surface area contributed by atoms with E-state index in [2.05, 4.69) is 11.8 Å². The maximum atomic E-state index is 6.11. The molecule has 2 nitrogen and oxygen atoms in total. The van der Waals surface area contributed by atoms with Crippen molar-refractivity contribution in [3.63, 3.8) is 0 Å². The fourth-order valence-electron chi connectivity index (χ4n) is 4.09. The number of hydrogen-bond acceptors (Lipinski definition) is 2. The van der Waals surface area contributed by atoms with Gasteiger partial charge in [-0.25, -0.2) is 0 Å². The third kappa shape index (κ3) is 3.71. The minimum Gasteiger partial charge on any atom is -0.329 e. The molecule has 1 saturated carbocycles. The molecule has 2 unspecified atom stereocenters. The highest BCUT2D eigenvalue weighted by Crippen LogP contribution is 2.30. The molecule has 1 aliphatic carbocycles. The first-order valence-corrected chi connectivity index (χ1v) is 8.29. The summed E-state index contributed by atoms with van der Waals surface area (Å²) in [7, 11) is 0. The van der Waals surface area contributed by atoms with Gasteiger partial charge in [0.2, 0.25) is 0 Å². The van der Waals surface area contributed by atoms with E-state index in [1.807, 2.05) is 0 Å². The molecule has 0 spiro atoms. The molecule has 1 saturated heterocycles. The molecule has 2 fully saturated rings. The van der Waals surface area contributed by atoms with Crippen LogP contribution < -0.4 is 5.73 Å². The van der Waals surface area contributed by atoms with E-state index >= 15 is 0 Å². The van der Waals surface area contributed by atoms with Crippen LogP contribution in [0.3, 0.4) is 0 Å². The summed E-state index contributed by atoms with van der Waals surface area (Å²) in [5.41, 5.74) is 6.11. The maximum absolute atomic E-state index is 6.11. The van der Waals surface area contributed by atoms with Crippen molar-refractivity contribution in [3.05, 3.63) is 0 Å². The molecule has 2 rings (SSSR count). The van der Waals surface area contributed by atoms with Crippen molar-refractivity contribution in [3.8, 4) is 0 Å². The van der Waals surface area contributed by atoms with Crippen molar-refractivity contribution in [1.82, 2.24) is 4.90 Å². The average molecular weight is 252 g/mol. The largest absolute Gasteiger partial charge is 0.329 e. The van der Waals surface area contributed by atoms with Gasteiger partial charge in [-0.1, -0.05) is 32.6 Å². The number of rotatable bonds is 4. The van der Waals surface area contributed by atoms with Gasteiger partial charge in [0.25, 0.3) is 0 Å². The Kier molecular flexibility index (Phi) is 5.97. The van der Waals surface area contributed by atoms with Gasteiger partial charge in [0, 0.05) is 12.6 Å². The van der Waals surface area contributed by atoms with Crippen LogP contribution in [0, 0.1) is 11.8 Å². The summed E-state index contributed by atoms with van der Waals surface area (Å²) in [6, 6.07) is 0.681. The quantitative estimate of drug-likeness (QED) is 0.831. The molecule has 0 radical (unpaired) electrons. The Morgan fingerprint density at radius 1 is 1.00 bits per heavy atom. The van der Waals surface area contributed by atoms with Crippen molar-refractivity contribution < 1.29 is 0 Å². The first-order chi connectivity index (χ1) is 8.85. The fourth-order valence-corrected chi connectivity index (χ4v) is 4.09. The smallest absolute Gasteiger partial charge is 0.0246 e. The van der Waals surface area contributed by atoms with Gasteiger partial charge in [-0.15, -0.1) is 0 Å². The van der Waals surface area contributed by atoms with E-state index in [1.165, 1.54) is 70.9 Å². The van der Waals surface area contributed by atoms with E-state index in [0.29, 0.717) is 6.04 Å². The molecule has 2 N–H and O–H groups in total. The fraction of sp³-hybridized carbons (Fsp3) is 1.00. The van der Waals surface area contributed by atoms with Crippen LogP contribution in [-0.4, -0.2) is 30.6 Å². The van der Waals surface area contributed by atoms with E-state index in [4.69, 9.17) is 5.73 Å². The summed E-state index contributed by atoms with van der Waals surface area (Å²) in [6.45, 7) is 5.83. The Labute approximate surface area is 113 Å². The highest BCUT2D eigenvalue weighted by Gasteiger charge is 2.29. The van der Waals surface area contributed by atoms with Crippen molar-refractivity contribution in [2.45, 2.75) is 70.8 Å². The highest BCUT2D eigenvalue weighted by molar-refractivity contribution is 4.84. The molecule has 1 aliphatic heterocycles. The van der Waals surface area contributed by atoms with Gasteiger partial charge in [-0.05, 0) is 57.0 Å². The van der Waals surface area contributed by atoms with E-state index in [-0.39, 0.29) is 0 Å². The normalized spacial score (nSPS) is 30.0. The number of hydrogen-bond donors (Lipinski definition) is 1. The van der Waals surface area contributed by atoms with Crippen molar-refractivity contribution in [1.29, 1.82) is 0 Å². The van der Waals surface area contributed by atoms with Crippen LogP contribution in [0.1, 0.15) is 64.7 Å². The summed E-state index contributed by atoms with van der Waals surface area (Å²) in [6.07, 6.45) is 12.8. The van der Waals surface area contributed by atoms with Crippen molar-refractivity contribution >= 4 is 0 Å². The summed E-state index contributed by atoms with van der Waals surface area (Å²) in [4.78, 5) is 2.74. The molecule has 0 amide bonds. The summed E-state index contributed by atoms with van der Waals surface area (Å²) >= 11 is 0. The molecule has 106 valence electrons. The van der Waals surface area contributed by atoms with Gasteiger partial charge in [0.05, 0.1) is 0 Å². The molecular weight excluding hydrogens is 220 g/mol. The van der Waals surface area contributed by atoms with Gasteiger partial charge >= 0.3 is 0 Å². The monoisotopic (exact) mass is 252 g/mol. The van der Waals surface area contributed by atoms with E-state index in [1.54, 1.807) is 0 Å². The lowest BCUT2D eigenvalue weighted by Gasteiger charge is -2.37. The summed E-state index contributed by atoms with van der Waals surface area (Å²) in [5, 5.41) is 0. The first-order valence-electron chi connectivity index (χ1n) is 8.29. The number of likely N-dealkylation sites (tertiary alicyclic amines) is 1. The molecule has 0 aromatic heterocycles. The van der Waals surface area contributed by atoms with Crippen molar-refractivity contribution in [2.24, 2.45) is 17.6 Å². The standard InChI is InChI=1S/C16H32N2/c1-2-14-7-6-11-18(12-10-14)16(13-17)15-8-4-3-5-9-15/h14-16H,2-13,17H2,1H3. The molecule has 2 atom stereocenters. The van der Waals surface area contributed by atoms with Crippen LogP contribution in [0.15, 0.2) is 0 Å². The SMILES string of the molecule is CCC1CCCN(C(CN)C2CCCCC2)CC1. The average Bonchev–Trinajstić information content (AvgIpc) is 2.66. The lowest BCUT2D eigenvalue weighted by molar-refractivity contribution is 0.124. The Hall–Kier alpha value is -0.0800. The van der Waals surface area contributed by atoms with Crippen LogP contribution >= 0.6 is 0 Å². The zero-order valence-corrected chi connectivity index (χ0v) is 12.2. The molecular formula is C16H32N2. The zero-order chi connectivity index (χ0) is 12.8. The van der Waals surface area contributed by atoms with Crippen LogP contribution in [0.2, 0.25) is 0 Å².